The van der Waals surface area contributed by atoms with E-state index in [0.29, 0.717) is 17.4 Å². The van der Waals surface area contributed by atoms with E-state index in [9.17, 15) is 26.0 Å². The number of halogens is 6. The molecular weight excluding hydrogens is 569 g/mol. The van der Waals surface area contributed by atoms with Gasteiger partial charge in [0.25, 0.3) is 10.0 Å². The summed E-state index contributed by atoms with van der Waals surface area (Å²) in [7, 11) is -1.70. The molecule has 2 heterocycles. The first-order chi connectivity index (χ1) is 18.3. The van der Waals surface area contributed by atoms with E-state index in [1.54, 1.807) is 7.05 Å². The second-order valence-electron chi connectivity index (χ2n) is 9.31. The van der Waals surface area contributed by atoms with E-state index in [0.717, 1.165) is 24.3 Å². The summed E-state index contributed by atoms with van der Waals surface area (Å²) in [5.41, 5.74) is -0.609. The van der Waals surface area contributed by atoms with Gasteiger partial charge in [-0.3, -0.25) is 4.90 Å². The first-order valence-corrected chi connectivity index (χ1v) is 13.7. The molecule has 2 aliphatic rings. The summed E-state index contributed by atoms with van der Waals surface area (Å²) in [6.45, 7) is 0.672. The molecule has 1 aliphatic carbocycles. The van der Waals surface area contributed by atoms with Gasteiger partial charge in [0.2, 0.25) is 5.95 Å². The summed E-state index contributed by atoms with van der Waals surface area (Å²) in [6.07, 6.45) is -3.63. The van der Waals surface area contributed by atoms with Gasteiger partial charge >= 0.3 is 6.18 Å². The molecule has 2 aromatic rings. The van der Waals surface area contributed by atoms with Gasteiger partial charge in [-0.25, -0.2) is 22.1 Å². The quantitative estimate of drug-likeness (QED) is 0.195. The SMILES string of the molecule is COCN(c1cccc(F)n1)S(=O)(=O)c1cc(Cl)c(N[C@H]2CC=C(C(F)(F)F)C[C@@H]2N(C)C2CNC2)cc1F. The molecule has 1 aliphatic heterocycles. The molecule has 0 radical (unpaired) electrons. The van der Waals surface area contributed by atoms with Crippen LogP contribution in [0, 0.1) is 11.8 Å². The van der Waals surface area contributed by atoms with E-state index in [4.69, 9.17) is 16.3 Å². The normalized spacial score (nSPS) is 20.5. The minimum atomic E-state index is -4.65. The molecule has 1 aromatic heterocycles. The molecule has 39 heavy (non-hydrogen) atoms. The maximum Gasteiger partial charge on any atom is 0.412 e. The van der Waals surface area contributed by atoms with Crippen LogP contribution in [0.3, 0.4) is 0 Å². The van der Waals surface area contributed by atoms with Crippen LogP contribution in [0.4, 0.5) is 33.5 Å². The number of anilines is 2. The second kappa shape index (κ2) is 11.5. The second-order valence-corrected chi connectivity index (χ2v) is 11.6. The zero-order chi connectivity index (χ0) is 28.5. The lowest BCUT2D eigenvalue weighted by Crippen LogP contribution is -2.62. The number of nitrogens with zero attached hydrogens (tertiary/aromatic N) is 3. The molecule has 15 heteroatoms. The van der Waals surface area contributed by atoms with Crippen LogP contribution in [0.15, 0.2) is 46.9 Å². The summed E-state index contributed by atoms with van der Waals surface area (Å²) in [5.74, 6) is -2.45. The highest BCUT2D eigenvalue weighted by Crippen LogP contribution is 2.38. The predicted octanol–water partition coefficient (Wildman–Crippen LogP) is 4.15. The molecule has 4 rings (SSSR count). The van der Waals surface area contributed by atoms with E-state index < -0.39 is 57.2 Å². The molecule has 8 nitrogen and oxygen atoms in total. The van der Waals surface area contributed by atoms with Crippen LogP contribution in [0.2, 0.25) is 5.02 Å². The van der Waals surface area contributed by atoms with Crippen molar-refractivity contribution in [3.8, 4) is 0 Å². The summed E-state index contributed by atoms with van der Waals surface area (Å²) in [6, 6.07) is 4.13. The Bertz CT molecular complexity index is 1340. The average Bonchev–Trinajstić information content (AvgIpc) is 2.82. The molecule has 1 saturated heterocycles. The van der Waals surface area contributed by atoms with E-state index >= 15 is 4.39 Å². The molecular formula is C24H27ClF5N5O3S. The van der Waals surface area contributed by atoms with Crippen LogP contribution in [0.5, 0.6) is 0 Å². The number of likely N-dealkylation sites (N-methyl/N-ethyl adjacent to an activating group) is 1. The fourth-order valence-electron chi connectivity index (χ4n) is 4.59. The minimum absolute atomic E-state index is 0.00511. The summed E-state index contributed by atoms with van der Waals surface area (Å²) in [4.78, 5) is 4.60. The number of nitrogens with one attached hydrogen (secondary N) is 2. The van der Waals surface area contributed by atoms with Crippen LogP contribution in [0.1, 0.15) is 12.8 Å². The van der Waals surface area contributed by atoms with Crippen molar-refractivity contribution in [2.24, 2.45) is 0 Å². The van der Waals surface area contributed by atoms with E-state index in [2.05, 4.69) is 15.6 Å². The summed E-state index contributed by atoms with van der Waals surface area (Å²) in [5, 5.41) is 5.95. The smallest absolute Gasteiger partial charge is 0.379 e. The Kier molecular flexibility index (Phi) is 8.71. The number of pyridine rings is 1. The number of rotatable bonds is 9. The van der Waals surface area contributed by atoms with Gasteiger partial charge in [-0.1, -0.05) is 23.7 Å². The molecule has 0 amide bonds. The summed E-state index contributed by atoms with van der Waals surface area (Å²) < 4.78 is 102. The maximum absolute atomic E-state index is 15.3. The van der Waals surface area contributed by atoms with E-state index in [1.807, 2.05) is 4.90 Å². The van der Waals surface area contributed by atoms with Crippen molar-refractivity contribution < 1.29 is 35.1 Å². The van der Waals surface area contributed by atoms with Crippen molar-refractivity contribution in [3.63, 3.8) is 0 Å². The van der Waals surface area contributed by atoms with E-state index in [1.165, 1.54) is 19.2 Å². The average molecular weight is 596 g/mol. The van der Waals surface area contributed by atoms with Gasteiger partial charge in [0.1, 0.15) is 23.3 Å². The van der Waals surface area contributed by atoms with Gasteiger partial charge in [-0.15, -0.1) is 0 Å². The molecule has 2 N–H and O–H groups in total. The molecule has 214 valence electrons. The zero-order valence-electron chi connectivity index (χ0n) is 21.0. The molecule has 1 fully saturated rings. The third-order valence-electron chi connectivity index (χ3n) is 6.87. The first kappa shape index (κ1) is 29.5. The lowest BCUT2D eigenvalue weighted by atomic mass is 9.87. The predicted molar refractivity (Wildman–Crippen MR) is 136 cm³/mol. The number of benzene rings is 1. The fourth-order valence-corrected chi connectivity index (χ4v) is 6.28. The zero-order valence-corrected chi connectivity index (χ0v) is 22.5. The highest BCUT2D eigenvalue weighted by atomic mass is 35.5. The number of hydrogen-bond donors (Lipinski definition) is 2. The Morgan fingerprint density at radius 3 is 2.54 bits per heavy atom. The third-order valence-corrected chi connectivity index (χ3v) is 8.92. The van der Waals surface area contributed by atoms with Gasteiger partial charge in [0, 0.05) is 43.9 Å². The van der Waals surface area contributed by atoms with Crippen molar-refractivity contribution in [3.05, 3.63) is 58.8 Å². The number of alkyl halides is 3. The highest BCUT2D eigenvalue weighted by molar-refractivity contribution is 7.92. The van der Waals surface area contributed by atoms with Gasteiger partial charge in [-0.05, 0) is 44.2 Å². The fraction of sp³-hybridized carbons (Fsp3) is 0.458. The maximum atomic E-state index is 15.3. The third kappa shape index (κ3) is 6.30. The van der Waals surface area contributed by atoms with Gasteiger partial charge < -0.3 is 15.4 Å². The lowest BCUT2D eigenvalue weighted by molar-refractivity contribution is -0.0979. The molecule has 0 saturated carbocycles. The number of methoxy groups -OCH3 is 1. The Balaban J connectivity index is 1.64. The highest BCUT2D eigenvalue weighted by Gasteiger charge is 2.42. The van der Waals surface area contributed by atoms with Crippen LogP contribution < -0.4 is 14.9 Å². The Morgan fingerprint density at radius 2 is 1.95 bits per heavy atom. The standard InChI is InChI=1S/C24H27ClF5N5O3S/c1-34(15-11-31-12-15)20-8-14(24(28,29)30)6-7-18(20)32-19-10-17(26)21(9-16(19)25)39(36,37)35(13-38-2)23-5-3-4-22(27)33-23/h3-6,9-10,15,18,20,31-32H,7-8,11-13H2,1-2H3/t18-,20-/m0/s1. The largest absolute Gasteiger partial charge is 0.412 e. The Hall–Kier alpha value is -2.52. The first-order valence-electron chi connectivity index (χ1n) is 11.9. The van der Waals surface area contributed by atoms with Crippen molar-refractivity contribution >= 4 is 33.1 Å². The molecule has 0 bridgehead atoms. The van der Waals surface area contributed by atoms with Gasteiger partial charge in [-0.2, -0.15) is 17.6 Å². The van der Waals surface area contributed by atoms with Crippen molar-refractivity contribution in [1.29, 1.82) is 0 Å². The van der Waals surface area contributed by atoms with Crippen LogP contribution >= 0.6 is 11.6 Å². The van der Waals surface area contributed by atoms with Crippen molar-refractivity contribution in [2.75, 3.05) is 43.6 Å². The van der Waals surface area contributed by atoms with Crippen molar-refractivity contribution in [2.45, 2.75) is 42.0 Å². The molecule has 0 unspecified atom stereocenters. The monoisotopic (exact) mass is 595 g/mol. The van der Waals surface area contributed by atoms with Crippen LogP contribution in [-0.4, -0.2) is 76.6 Å². The molecule has 1 aromatic carbocycles. The van der Waals surface area contributed by atoms with Crippen molar-refractivity contribution in [1.82, 2.24) is 15.2 Å². The number of sulfonamides is 1. The molecule has 2 atom stereocenters. The van der Waals surface area contributed by atoms with Crippen LogP contribution in [0.25, 0.3) is 0 Å². The summed E-state index contributed by atoms with van der Waals surface area (Å²) >= 11 is 6.37. The van der Waals surface area contributed by atoms with Crippen LogP contribution in [-0.2, 0) is 14.8 Å². The number of hydrogen-bond acceptors (Lipinski definition) is 7. The Morgan fingerprint density at radius 1 is 1.23 bits per heavy atom. The number of ether oxygens (including phenoxy) is 1. The Labute approximate surface area is 227 Å². The topological polar surface area (TPSA) is 86.8 Å². The minimum Gasteiger partial charge on any atom is -0.379 e. The van der Waals surface area contributed by atoms with Gasteiger partial charge in [0.15, 0.2) is 0 Å². The lowest BCUT2D eigenvalue weighted by Gasteiger charge is -2.45. The van der Waals surface area contributed by atoms with Gasteiger partial charge in [0.05, 0.1) is 10.7 Å². The van der Waals surface area contributed by atoms with E-state index in [-0.39, 0.29) is 35.4 Å². The molecule has 0 spiro atoms. The number of aromatic nitrogens is 1.